The SMILES string of the molecule is CSCCC(NC(=O)C1(CN)CCC(C)CC1)C(=O)O. The third-order valence-electron chi connectivity index (χ3n) is 4.32. The van der Waals surface area contributed by atoms with E-state index in [0.717, 1.165) is 25.7 Å². The average Bonchev–Trinajstić information content (AvgIpc) is 2.44. The number of carboxylic acid groups (broad SMARTS) is 1. The van der Waals surface area contributed by atoms with Crippen molar-refractivity contribution in [2.45, 2.75) is 45.1 Å². The van der Waals surface area contributed by atoms with Gasteiger partial charge in [0.15, 0.2) is 0 Å². The van der Waals surface area contributed by atoms with Crippen molar-refractivity contribution in [2.75, 3.05) is 18.6 Å². The highest BCUT2D eigenvalue weighted by molar-refractivity contribution is 7.98. The highest BCUT2D eigenvalue weighted by Gasteiger charge is 2.41. The Morgan fingerprint density at radius 3 is 2.50 bits per heavy atom. The number of aliphatic carboxylic acids is 1. The molecule has 0 heterocycles. The van der Waals surface area contributed by atoms with Crippen LogP contribution >= 0.6 is 11.8 Å². The van der Waals surface area contributed by atoms with Gasteiger partial charge < -0.3 is 16.2 Å². The molecular formula is C14H26N2O3S. The van der Waals surface area contributed by atoms with Crippen molar-refractivity contribution in [2.24, 2.45) is 17.1 Å². The second-order valence-corrected chi connectivity index (χ2v) is 6.80. The zero-order valence-corrected chi connectivity index (χ0v) is 13.2. The van der Waals surface area contributed by atoms with E-state index in [9.17, 15) is 14.7 Å². The van der Waals surface area contributed by atoms with Crippen LogP contribution in [0.25, 0.3) is 0 Å². The summed E-state index contributed by atoms with van der Waals surface area (Å²) in [6.07, 6.45) is 5.83. The fraction of sp³-hybridized carbons (Fsp3) is 0.857. The zero-order valence-electron chi connectivity index (χ0n) is 12.4. The number of hydrogen-bond acceptors (Lipinski definition) is 4. The quantitative estimate of drug-likeness (QED) is 0.662. The second kappa shape index (κ2) is 7.88. The summed E-state index contributed by atoms with van der Waals surface area (Å²) in [6, 6.07) is -0.808. The summed E-state index contributed by atoms with van der Waals surface area (Å²) in [5.41, 5.74) is 5.25. The van der Waals surface area contributed by atoms with Crippen molar-refractivity contribution in [1.29, 1.82) is 0 Å². The van der Waals surface area contributed by atoms with E-state index in [1.165, 1.54) is 0 Å². The molecule has 1 unspecified atom stereocenters. The van der Waals surface area contributed by atoms with Crippen LogP contribution in [0.5, 0.6) is 0 Å². The molecule has 1 amide bonds. The Bertz CT molecular complexity index is 341. The molecule has 4 N–H and O–H groups in total. The first-order chi connectivity index (χ1) is 9.45. The summed E-state index contributed by atoms with van der Waals surface area (Å²) < 4.78 is 0. The minimum absolute atomic E-state index is 0.180. The molecule has 0 aromatic carbocycles. The van der Waals surface area contributed by atoms with Gasteiger partial charge >= 0.3 is 5.97 Å². The van der Waals surface area contributed by atoms with Crippen LogP contribution in [0.15, 0.2) is 0 Å². The molecule has 0 aliphatic heterocycles. The van der Waals surface area contributed by atoms with E-state index in [1.54, 1.807) is 11.8 Å². The first-order valence-corrected chi connectivity index (χ1v) is 8.57. The first kappa shape index (κ1) is 17.3. The van der Waals surface area contributed by atoms with E-state index in [0.29, 0.717) is 24.6 Å². The number of nitrogens with one attached hydrogen (secondary N) is 1. The maximum atomic E-state index is 12.5. The second-order valence-electron chi connectivity index (χ2n) is 5.81. The number of carbonyl (C=O) groups excluding carboxylic acids is 1. The molecule has 1 aliphatic rings. The molecule has 1 fully saturated rings. The number of thioether (sulfide) groups is 1. The number of carbonyl (C=O) groups is 2. The molecule has 1 saturated carbocycles. The van der Waals surface area contributed by atoms with Gasteiger partial charge in [-0.3, -0.25) is 4.79 Å². The number of hydrogen-bond donors (Lipinski definition) is 3. The molecule has 6 heteroatoms. The summed E-state index contributed by atoms with van der Waals surface area (Å²) in [6.45, 7) is 2.47. The average molecular weight is 302 g/mol. The van der Waals surface area contributed by atoms with E-state index in [4.69, 9.17) is 5.73 Å². The molecule has 1 atom stereocenters. The lowest BCUT2D eigenvalue weighted by Gasteiger charge is -2.37. The molecule has 0 aromatic heterocycles. The van der Waals surface area contributed by atoms with Gasteiger partial charge in [0.2, 0.25) is 5.91 Å². The van der Waals surface area contributed by atoms with Crippen LogP contribution in [0.4, 0.5) is 0 Å². The zero-order chi connectivity index (χ0) is 15.2. The predicted octanol–water partition coefficient (Wildman–Crippen LogP) is 1.46. The number of nitrogens with two attached hydrogens (primary N) is 1. The van der Waals surface area contributed by atoms with Gasteiger partial charge in [0.1, 0.15) is 6.04 Å². The van der Waals surface area contributed by atoms with Crippen LogP contribution in [-0.4, -0.2) is 41.6 Å². The van der Waals surface area contributed by atoms with Crippen molar-refractivity contribution in [3.05, 3.63) is 0 Å². The molecule has 20 heavy (non-hydrogen) atoms. The maximum absolute atomic E-state index is 12.5. The van der Waals surface area contributed by atoms with Crippen LogP contribution in [0.3, 0.4) is 0 Å². The Morgan fingerprint density at radius 2 is 2.05 bits per heavy atom. The van der Waals surface area contributed by atoms with Crippen molar-refractivity contribution >= 4 is 23.6 Å². The van der Waals surface area contributed by atoms with E-state index in [1.807, 2.05) is 6.26 Å². The molecule has 1 rings (SSSR count). The van der Waals surface area contributed by atoms with Gasteiger partial charge in [-0.1, -0.05) is 6.92 Å². The van der Waals surface area contributed by atoms with E-state index >= 15 is 0 Å². The van der Waals surface area contributed by atoms with Crippen LogP contribution in [-0.2, 0) is 9.59 Å². The standard InChI is InChI=1S/C14H26N2O3S/c1-10-3-6-14(9-15,7-4-10)13(19)16-11(12(17)18)5-8-20-2/h10-11H,3-9,15H2,1-2H3,(H,16,19)(H,17,18). The summed E-state index contributed by atoms with van der Waals surface area (Å²) in [5.74, 6) is 0.183. The van der Waals surface area contributed by atoms with Gasteiger partial charge in [-0.2, -0.15) is 11.8 Å². The van der Waals surface area contributed by atoms with Crippen molar-refractivity contribution in [1.82, 2.24) is 5.32 Å². The fourth-order valence-corrected chi connectivity index (χ4v) is 3.11. The normalized spacial score (nSPS) is 27.9. The molecule has 0 aromatic rings. The van der Waals surface area contributed by atoms with Crippen LogP contribution in [0.1, 0.15) is 39.0 Å². The van der Waals surface area contributed by atoms with Crippen LogP contribution in [0.2, 0.25) is 0 Å². The fourth-order valence-electron chi connectivity index (χ4n) is 2.64. The Morgan fingerprint density at radius 1 is 1.45 bits per heavy atom. The molecule has 5 nitrogen and oxygen atoms in total. The van der Waals surface area contributed by atoms with Crippen LogP contribution in [0, 0.1) is 11.3 Å². The molecule has 1 aliphatic carbocycles. The van der Waals surface area contributed by atoms with Crippen LogP contribution < -0.4 is 11.1 Å². The number of rotatable bonds is 7. The molecule has 0 bridgehead atoms. The molecule has 0 spiro atoms. The Kier molecular flexibility index (Phi) is 6.82. The summed E-state index contributed by atoms with van der Waals surface area (Å²) in [5, 5.41) is 11.9. The lowest BCUT2D eigenvalue weighted by atomic mass is 9.70. The van der Waals surface area contributed by atoms with E-state index in [-0.39, 0.29) is 5.91 Å². The van der Waals surface area contributed by atoms with Crippen molar-refractivity contribution < 1.29 is 14.7 Å². The summed E-state index contributed by atoms with van der Waals surface area (Å²) >= 11 is 1.58. The number of carboxylic acids is 1. The Balaban J connectivity index is 2.68. The lowest BCUT2D eigenvalue weighted by Crippen LogP contribution is -2.52. The minimum atomic E-state index is -0.969. The van der Waals surface area contributed by atoms with Gasteiger partial charge in [0.25, 0.3) is 0 Å². The molecular weight excluding hydrogens is 276 g/mol. The van der Waals surface area contributed by atoms with Crippen molar-refractivity contribution in [3.8, 4) is 0 Å². The van der Waals surface area contributed by atoms with Gasteiger partial charge in [-0.05, 0) is 50.0 Å². The minimum Gasteiger partial charge on any atom is -0.480 e. The Labute approximate surface area is 125 Å². The van der Waals surface area contributed by atoms with E-state index in [2.05, 4.69) is 12.2 Å². The summed E-state index contributed by atoms with van der Waals surface area (Å²) in [4.78, 5) is 23.7. The van der Waals surface area contributed by atoms with Gasteiger partial charge in [0.05, 0.1) is 5.41 Å². The third kappa shape index (κ3) is 4.38. The van der Waals surface area contributed by atoms with Gasteiger partial charge in [-0.25, -0.2) is 4.79 Å². The highest BCUT2D eigenvalue weighted by atomic mass is 32.2. The largest absolute Gasteiger partial charge is 0.480 e. The first-order valence-electron chi connectivity index (χ1n) is 7.18. The van der Waals surface area contributed by atoms with E-state index < -0.39 is 17.4 Å². The predicted molar refractivity (Wildman–Crippen MR) is 81.7 cm³/mol. The smallest absolute Gasteiger partial charge is 0.326 e. The molecule has 0 saturated heterocycles. The van der Waals surface area contributed by atoms with Crippen molar-refractivity contribution in [3.63, 3.8) is 0 Å². The topological polar surface area (TPSA) is 92.4 Å². The maximum Gasteiger partial charge on any atom is 0.326 e. The third-order valence-corrected chi connectivity index (χ3v) is 4.96. The highest BCUT2D eigenvalue weighted by Crippen LogP contribution is 2.38. The monoisotopic (exact) mass is 302 g/mol. The van der Waals surface area contributed by atoms with Gasteiger partial charge in [-0.15, -0.1) is 0 Å². The Hall–Kier alpha value is -0.750. The summed E-state index contributed by atoms with van der Waals surface area (Å²) in [7, 11) is 0. The number of amides is 1. The molecule has 0 radical (unpaired) electrons. The van der Waals surface area contributed by atoms with Gasteiger partial charge in [0, 0.05) is 6.54 Å². The molecule has 116 valence electrons. The lowest BCUT2D eigenvalue weighted by molar-refractivity contribution is -0.144.